The Morgan fingerprint density at radius 3 is 2.79 bits per heavy atom. The normalized spacial score (nSPS) is 12.1. The van der Waals surface area contributed by atoms with Crippen LogP contribution >= 0.6 is 11.3 Å². The van der Waals surface area contributed by atoms with Gasteiger partial charge in [-0.15, -0.1) is 11.3 Å². The Morgan fingerprint density at radius 2 is 2.11 bits per heavy atom. The Balaban J connectivity index is 1.85. The smallest absolute Gasteiger partial charge is 0.225 e. The van der Waals surface area contributed by atoms with E-state index in [1.807, 2.05) is 48.7 Å². The molecule has 2 rings (SSSR count). The molecule has 1 aromatic heterocycles. The van der Waals surface area contributed by atoms with Crippen LogP contribution in [-0.4, -0.2) is 17.6 Å². The molecule has 0 aliphatic rings. The van der Waals surface area contributed by atoms with E-state index in [0.29, 0.717) is 6.42 Å². The second-order valence-electron chi connectivity index (χ2n) is 4.43. The summed E-state index contributed by atoms with van der Waals surface area (Å²) in [6.07, 6.45) is -0.286. The van der Waals surface area contributed by atoms with Crippen LogP contribution in [0.3, 0.4) is 0 Å². The van der Waals surface area contributed by atoms with Gasteiger partial charge < -0.3 is 10.4 Å². The van der Waals surface area contributed by atoms with Crippen molar-refractivity contribution >= 4 is 17.2 Å². The van der Waals surface area contributed by atoms with Crippen molar-refractivity contribution in [2.75, 3.05) is 6.54 Å². The third-order valence-corrected chi connectivity index (χ3v) is 3.83. The van der Waals surface area contributed by atoms with Crippen LogP contribution in [-0.2, 0) is 11.2 Å². The maximum Gasteiger partial charge on any atom is 0.225 e. The molecule has 1 heterocycles. The molecule has 3 nitrogen and oxygen atoms in total. The van der Waals surface area contributed by atoms with Crippen LogP contribution in [0.4, 0.5) is 0 Å². The Hall–Kier alpha value is -1.65. The standard InChI is InChI=1S/C15H17NO2S/c1-11-5-2-3-7-13(11)14(17)10-16-15(18)9-12-6-4-8-19-12/h2-8,14,17H,9-10H2,1H3,(H,16,18)/t14-/m1/s1. The predicted molar refractivity (Wildman–Crippen MR) is 77.2 cm³/mol. The largest absolute Gasteiger partial charge is 0.387 e. The van der Waals surface area contributed by atoms with E-state index in [-0.39, 0.29) is 12.5 Å². The third-order valence-electron chi connectivity index (χ3n) is 2.95. The third kappa shape index (κ3) is 3.91. The lowest BCUT2D eigenvalue weighted by Crippen LogP contribution is -2.29. The van der Waals surface area contributed by atoms with Gasteiger partial charge in [0.05, 0.1) is 12.5 Å². The molecule has 0 aliphatic heterocycles. The summed E-state index contributed by atoms with van der Waals surface area (Å²) in [5.41, 5.74) is 1.89. The maximum absolute atomic E-state index is 11.7. The number of nitrogens with one attached hydrogen (secondary N) is 1. The number of aryl methyl sites for hydroxylation is 1. The molecule has 0 bridgehead atoms. The molecule has 0 radical (unpaired) electrons. The van der Waals surface area contributed by atoms with Crippen molar-refractivity contribution in [1.29, 1.82) is 0 Å². The van der Waals surface area contributed by atoms with Crippen molar-refractivity contribution in [1.82, 2.24) is 5.32 Å². The first kappa shape index (κ1) is 13.8. The monoisotopic (exact) mass is 275 g/mol. The lowest BCUT2D eigenvalue weighted by Gasteiger charge is -2.14. The fourth-order valence-electron chi connectivity index (χ4n) is 1.92. The number of aliphatic hydroxyl groups excluding tert-OH is 1. The van der Waals surface area contributed by atoms with Gasteiger partial charge in [-0.3, -0.25) is 4.79 Å². The quantitative estimate of drug-likeness (QED) is 0.880. The summed E-state index contributed by atoms with van der Waals surface area (Å²) < 4.78 is 0. The van der Waals surface area contributed by atoms with Gasteiger partial charge >= 0.3 is 0 Å². The van der Waals surface area contributed by atoms with Crippen molar-refractivity contribution in [2.45, 2.75) is 19.4 Å². The summed E-state index contributed by atoms with van der Waals surface area (Å²) in [7, 11) is 0. The van der Waals surface area contributed by atoms with Crippen LogP contribution in [0.2, 0.25) is 0 Å². The van der Waals surface area contributed by atoms with Crippen molar-refractivity contribution < 1.29 is 9.90 Å². The van der Waals surface area contributed by atoms with Gasteiger partial charge in [-0.1, -0.05) is 30.3 Å². The van der Waals surface area contributed by atoms with E-state index < -0.39 is 6.10 Å². The summed E-state index contributed by atoms with van der Waals surface area (Å²) in [5.74, 6) is -0.0601. The van der Waals surface area contributed by atoms with Crippen molar-refractivity contribution in [3.05, 3.63) is 57.8 Å². The number of hydrogen-bond acceptors (Lipinski definition) is 3. The number of aliphatic hydroxyl groups is 1. The lowest BCUT2D eigenvalue weighted by molar-refractivity contribution is -0.120. The highest BCUT2D eigenvalue weighted by atomic mass is 32.1. The minimum absolute atomic E-state index is 0.0601. The lowest BCUT2D eigenvalue weighted by atomic mass is 10.0. The fraction of sp³-hybridized carbons (Fsp3) is 0.267. The SMILES string of the molecule is Cc1ccccc1[C@H](O)CNC(=O)Cc1cccs1. The van der Waals surface area contributed by atoms with Gasteiger partial charge in [0.1, 0.15) is 0 Å². The number of amides is 1. The molecule has 100 valence electrons. The molecule has 1 atom stereocenters. The zero-order valence-electron chi connectivity index (χ0n) is 10.8. The van der Waals surface area contributed by atoms with Crippen LogP contribution in [0.5, 0.6) is 0 Å². The van der Waals surface area contributed by atoms with Crippen molar-refractivity contribution in [3.63, 3.8) is 0 Å². The first-order chi connectivity index (χ1) is 9.16. The highest BCUT2D eigenvalue weighted by Crippen LogP contribution is 2.16. The van der Waals surface area contributed by atoms with Gasteiger partial charge in [0.15, 0.2) is 0 Å². The summed E-state index contributed by atoms with van der Waals surface area (Å²) in [6, 6.07) is 11.5. The summed E-state index contributed by atoms with van der Waals surface area (Å²) >= 11 is 1.56. The average Bonchev–Trinajstić information content (AvgIpc) is 2.89. The van der Waals surface area contributed by atoms with E-state index in [1.165, 1.54) is 0 Å². The molecular formula is C15H17NO2S. The number of thiophene rings is 1. The first-order valence-corrected chi connectivity index (χ1v) is 7.07. The van der Waals surface area contributed by atoms with Gasteiger partial charge in [0.25, 0.3) is 0 Å². The van der Waals surface area contributed by atoms with Crippen LogP contribution < -0.4 is 5.32 Å². The van der Waals surface area contributed by atoms with Crippen molar-refractivity contribution in [2.24, 2.45) is 0 Å². The minimum atomic E-state index is -0.659. The molecule has 1 amide bonds. The number of carbonyl (C=O) groups excluding carboxylic acids is 1. The summed E-state index contributed by atoms with van der Waals surface area (Å²) in [5, 5.41) is 14.8. The second-order valence-corrected chi connectivity index (χ2v) is 5.46. The summed E-state index contributed by atoms with van der Waals surface area (Å²) in [6.45, 7) is 2.20. The zero-order chi connectivity index (χ0) is 13.7. The van der Waals surface area contributed by atoms with Gasteiger partial charge in [-0.05, 0) is 29.5 Å². The van der Waals surface area contributed by atoms with E-state index in [9.17, 15) is 9.90 Å². The van der Waals surface area contributed by atoms with E-state index in [0.717, 1.165) is 16.0 Å². The number of rotatable bonds is 5. The van der Waals surface area contributed by atoms with E-state index >= 15 is 0 Å². The van der Waals surface area contributed by atoms with Crippen LogP contribution in [0, 0.1) is 6.92 Å². The molecule has 0 saturated heterocycles. The Kier molecular flexibility index (Phi) is 4.71. The molecule has 4 heteroatoms. The molecule has 0 saturated carbocycles. The van der Waals surface area contributed by atoms with E-state index in [4.69, 9.17) is 0 Å². The summed E-state index contributed by atoms with van der Waals surface area (Å²) in [4.78, 5) is 12.7. The Morgan fingerprint density at radius 1 is 1.32 bits per heavy atom. The molecule has 0 fully saturated rings. The van der Waals surface area contributed by atoms with Crippen LogP contribution in [0.1, 0.15) is 22.1 Å². The number of hydrogen-bond donors (Lipinski definition) is 2. The van der Waals surface area contributed by atoms with Gasteiger partial charge in [0, 0.05) is 11.4 Å². The molecule has 1 aromatic carbocycles. The molecule has 19 heavy (non-hydrogen) atoms. The van der Waals surface area contributed by atoms with E-state index in [2.05, 4.69) is 5.32 Å². The predicted octanol–water partition coefficient (Wildman–Crippen LogP) is 2.45. The molecule has 0 unspecified atom stereocenters. The number of carbonyl (C=O) groups is 1. The van der Waals surface area contributed by atoms with Gasteiger partial charge in [0.2, 0.25) is 5.91 Å². The second kappa shape index (κ2) is 6.50. The molecular weight excluding hydrogens is 258 g/mol. The topological polar surface area (TPSA) is 49.3 Å². The number of benzene rings is 1. The molecule has 0 aliphatic carbocycles. The fourth-order valence-corrected chi connectivity index (χ4v) is 2.62. The Bertz CT molecular complexity index is 537. The van der Waals surface area contributed by atoms with E-state index in [1.54, 1.807) is 11.3 Å². The van der Waals surface area contributed by atoms with Gasteiger partial charge in [-0.2, -0.15) is 0 Å². The van der Waals surface area contributed by atoms with Crippen LogP contribution in [0.15, 0.2) is 41.8 Å². The highest BCUT2D eigenvalue weighted by Gasteiger charge is 2.11. The van der Waals surface area contributed by atoms with Crippen molar-refractivity contribution in [3.8, 4) is 0 Å². The zero-order valence-corrected chi connectivity index (χ0v) is 11.6. The molecule has 2 aromatic rings. The van der Waals surface area contributed by atoms with Gasteiger partial charge in [-0.25, -0.2) is 0 Å². The average molecular weight is 275 g/mol. The molecule has 0 spiro atoms. The Labute approximate surface area is 116 Å². The molecule has 2 N–H and O–H groups in total. The van der Waals surface area contributed by atoms with Crippen LogP contribution in [0.25, 0.3) is 0 Å². The highest BCUT2D eigenvalue weighted by molar-refractivity contribution is 7.10. The first-order valence-electron chi connectivity index (χ1n) is 6.19. The maximum atomic E-state index is 11.7. The minimum Gasteiger partial charge on any atom is -0.387 e.